The lowest BCUT2D eigenvalue weighted by molar-refractivity contribution is 0.875. The highest BCUT2D eigenvalue weighted by atomic mass is 79.9. The van der Waals surface area contributed by atoms with Crippen molar-refractivity contribution in [3.8, 4) is 0 Å². The highest BCUT2D eigenvalue weighted by molar-refractivity contribution is 9.26. The van der Waals surface area contributed by atoms with E-state index in [2.05, 4.69) is 59.1 Å². The lowest BCUT2D eigenvalue weighted by Gasteiger charge is -2.19. The van der Waals surface area contributed by atoms with Gasteiger partial charge in [0, 0.05) is 0 Å². The molecule has 0 radical (unpaired) electrons. The van der Waals surface area contributed by atoms with Gasteiger partial charge in [-0.15, -0.1) is 15.3 Å². The molecule has 1 aromatic carbocycles. The maximum Gasteiger partial charge on any atom is 0.157 e. The molecule has 0 aliphatic rings. The second-order valence-electron chi connectivity index (χ2n) is 3.67. The average molecular weight is 257 g/mol. The molecule has 0 nitrogen and oxygen atoms in total. The number of unbranched alkanes of at least 4 members (excludes halogenated alkanes) is 1. The van der Waals surface area contributed by atoms with Crippen molar-refractivity contribution in [3.63, 3.8) is 0 Å². The predicted octanol–water partition coefficient (Wildman–Crippen LogP) is 3.66. The van der Waals surface area contributed by atoms with Crippen molar-refractivity contribution >= 4 is 27.2 Å². The highest BCUT2D eigenvalue weighted by Gasteiger charge is 2.24. The van der Waals surface area contributed by atoms with E-state index in [-0.39, 0.29) is 0 Å². The summed E-state index contributed by atoms with van der Waals surface area (Å²) in [6.45, 7) is 3.35. The van der Waals surface area contributed by atoms with E-state index in [1.807, 2.05) is 0 Å². The van der Waals surface area contributed by atoms with Gasteiger partial charge in [0.1, 0.15) is 0 Å². The molecule has 0 N–H and O–H groups in total. The summed E-state index contributed by atoms with van der Waals surface area (Å²) in [5, 5.41) is 1.52. The van der Waals surface area contributed by atoms with Crippen LogP contribution >= 0.6 is 15.3 Å². The fourth-order valence-corrected chi connectivity index (χ4v) is 5.27. The molecule has 0 fully saturated rings. The van der Waals surface area contributed by atoms with Gasteiger partial charge < -0.3 is 0 Å². The molecule has 1 aromatic rings. The largest absolute Gasteiger partial charge is 0.157 e. The van der Waals surface area contributed by atoms with Crippen LogP contribution in [0.15, 0.2) is 30.3 Å². The Morgan fingerprint density at radius 2 is 1.85 bits per heavy atom. The molecule has 0 saturated heterocycles. The number of halogens is 1. The molecule has 13 heavy (non-hydrogen) atoms. The molecule has 1 unspecified atom stereocenters. The van der Waals surface area contributed by atoms with Crippen LogP contribution in [-0.4, -0.2) is 6.69 Å². The first kappa shape index (κ1) is 11.0. The van der Waals surface area contributed by atoms with Crippen LogP contribution in [0.3, 0.4) is 0 Å². The third-order valence-corrected chi connectivity index (χ3v) is 7.77. The Morgan fingerprint density at radius 1 is 1.23 bits per heavy atom. The molecule has 0 aromatic heterocycles. The van der Waals surface area contributed by atoms with E-state index in [1.165, 1.54) is 24.1 Å². The van der Waals surface area contributed by atoms with Gasteiger partial charge in [0.15, 0.2) is 6.69 Å². The highest BCUT2D eigenvalue weighted by Crippen LogP contribution is 2.20. The number of hydrogen-bond donors (Lipinski definition) is 0. The zero-order chi connectivity index (χ0) is 9.73. The predicted molar refractivity (Wildman–Crippen MR) is 66.3 cm³/mol. The van der Waals surface area contributed by atoms with Crippen molar-refractivity contribution in [1.82, 2.24) is 0 Å². The van der Waals surface area contributed by atoms with Gasteiger partial charge in [-0.25, -0.2) is 0 Å². The van der Waals surface area contributed by atoms with E-state index in [4.69, 9.17) is 0 Å². The minimum absolute atomic E-state index is 1.29. The molecule has 2 heteroatoms. The van der Waals surface area contributed by atoms with Crippen LogP contribution in [0.5, 0.6) is 0 Å². The van der Waals surface area contributed by atoms with Crippen molar-refractivity contribution in [1.29, 1.82) is 0 Å². The third kappa shape index (κ3) is 3.28. The molecule has 0 amide bonds. The summed E-state index contributed by atoms with van der Waals surface area (Å²) >= 11 is 3.93. The molecule has 0 spiro atoms. The molecule has 0 heterocycles. The molecule has 0 aliphatic heterocycles. The Kier molecular flexibility index (Phi) is 4.20. The van der Waals surface area contributed by atoms with Gasteiger partial charge >= 0.3 is 0 Å². The van der Waals surface area contributed by atoms with Gasteiger partial charge in [-0.05, 0) is 11.2 Å². The van der Waals surface area contributed by atoms with Crippen LogP contribution < -0.4 is 5.19 Å². The lowest BCUT2D eigenvalue weighted by Crippen LogP contribution is -2.37. The molecule has 72 valence electrons. The second kappa shape index (κ2) is 4.96. The van der Waals surface area contributed by atoms with Gasteiger partial charge in [0.2, 0.25) is 0 Å². The van der Waals surface area contributed by atoms with Gasteiger partial charge in [-0.3, -0.25) is 0 Å². The Hall–Kier alpha value is -0.0831. The van der Waals surface area contributed by atoms with Gasteiger partial charge in [0.25, 0.3) is 0 Å². The van der Waals surface area contributed by atoms with E-state index in [0.717, 1.165) is 0 Å². The molecule has 0 bridgehead atoms. The molecule has 0 saturated carbocycles. The van der Waals surface area contributed by atoms with E-state index in [0.29, 0.717) is 0 Å². The summed E-state index contributed by atoms with van der Waals surface area (Å²) in [5.41, 5.74) is 0. The number of hydrogen-bond acceptors (Lipinski definition) is 0. The Labute approximate surface area is 90.0 Å². The third-order valence-electron chi connectivity index (χ3n) is 2.38. The molecular formula is C11H17BrSi. The van der Waals surface area contributed by atoms with E-state index >= 15 is 0 Å². The normalized spacial score (nSPS) is 15.3. The second-order valence-corrected chi connectivity index (χ2v) is 12.4. The van der Waals surface area contributed by atoms with E-state index in [1.54, 1.807) is 0 Å². The van der Waals surface area contributed by atoms with Crippen LogP contribution in [-0.2, 0) is 0 Å². The van der Waals surface area contributed by atoms with Gasteiger partial charge in [-0.2, -0.15) is 0 Å². The minimum atomic E-state index is -1.29. The molecule has 0 aliphatic carbocycles. The zero-order valence-electron chi connectivity index (χ0n) is 8.39. The minimum Gasteiger partial charge on any atom is -0.120 e. The van der Waals surface area contributed by atoms with Crippen LogP contribution in [0.1, 0.15) is 19.8 Å². The first-order chi connectivity index (χ1) is 6.17. The summed E-state index contributed by atoms with van der Waals surface area (Å²) in [6.07, 6.45) is 2.63. The lowest BCUT2D eigenvalue weighted by atomic mass is 10.4. The van der Waals surface area contributed by atoms with Crippen molar-refractivity contribution in [3.05, 3.63) is 30.3 Å². The first-order valence-electron chi connectivity index (χ1n) is 4.91. The molecule has 1 atom stereocenters. The average Bonchev–Trinajstić information content (AvgIpc) is 2.16. The van der Waals surface area contributed by atoms with E-state index in [9.17, 15) is 0 Å². The summed E-state index contributed by atoms with van der Waals surface area (Å²) in [5.74, 6) is 0. The quantitative estimate of drug-likeness (QED) is 0.570. The fraction of sp³-hybridized carbons (Fsp3) is 0.455. The van der Waals surface area contributed by atoms with Gasteiger partial charge in [-0.1, -0.05) is 56.6 Å². The van der Waals surface area contributed by atoms with Crippen molar-refractivity contribution < 1.29 is 0 Å². The zero-order valence-corrected chi connectivity index (χ0v) is 11.0. The standard InChI is InChI=1S/C11H17BrSi/c1-3-4-10-13(2,12)11-8-6-5-7-9-11/h5-9H,3-4,10H2,1-2H3. The summed E-state index contributed by atoms with van der Waals surface area (Å²) in [6, 6.07) is 12.2. The summed E-state index contributed by atoms with van der Waals surface area (Å²) in [7, 11) is 0. The summed E-state index contributed by atoms with van der Waals surface area (Å²) < 4.78 is 0. The SMILES string of the molecule is CCCC[Si](C)(Br)c1ccccc1. The number of rotatable bonds is 4. The van der Waals surface area contributed by atoms with Crippen LogP contribution in [0, 0.1) is 0 Å². The van der Waals surface area contributed by atoms with Crippen LogP contribution in [0.4, 0.5) is 0 Å². The van der Waals surface area contributed by atoms with Crippen molar-refractivity contribution in [2.24, 2.45) is 0 Å². The molecule has 1 rings (SSSR count). The topological polar surface area (TPSA) is 0 Å². The van der Waals surface area contributed by atoms with Crippen molar-refractivity contribution in [2.45, 2.75) is 32.4 Å². The van der Waals surface area contributed by atoms with Gasteiger partial charge in [0.05, 0.1) is 0 Å². The maximum atomic E-state index is 3.93. The first-order valence-corrected chi connectivity index (χ1v) is 9.87. The monoisotopic (exact) mass is 256 g/mol. The summed E-state index contributed by atoms with van der Waals surface area (Å²) in [4.78, 5) is 0. The Bertz CT molecular complexity index is 244. The van der Waals surface area contributed by atoms with Crippen LogP contribution in [0.2, 0.25) is 12.6 Å². The fourth-order valence-electron chi connectivity index (χ4n) is 1.44. The van der Waals surface area contributed by atoms with Crippen LogP contribution in [0.25, 0.3) is 0 Å². The Morgan fingerprint density at radius 3 is 2.38 bits per heavy atom. The molecular weight excluding hydrogens is 240 g/mol. The van der Waals surface area contributed by atoms with Crippen molar-refractivity contribution in [2.75, 3.05) is 0 Å². The smallest absolute Gasteiger partial charge is 0.120 e. The maximum absolute atomic E-state index is 3.93. The Balaban J connectivity index is 2.69. The van der Waals surface area contributed by atoms with E-state index < -0.39 is 6.69 Å². The number of benzene rings is 1.